The average Bonchev–Trinajstić information content (AvgIpc) is 2.51. The molecule has 0 radical (unpaired) electrons. The molecule has 66 valence electrons. The van der Waals surface area contributed by atoms with Crippen LogP contribution in [-0.2, 0) is 0 Å². The molecule has 0 aliphatic rings. The number of carbonyl (C=O) groups excluding carboxylic acids is 1. The largest absolute Gasteiger partial charge is 0.366 e. The molecule has 0 aliphatic heterocycles. The van der Waals surface area contributed by atoms with Crippen molar-refractivity contribution in [1.82, 2.24) is 9.78 Å². The van der Waals surface area contributed by atoms with Gasteiger partial charge in [0.05, 0.1) is 11.8 Å². The fourth-order valence-corrected chi connectivity index (χ4v) is 0.893. The van der Waals surface area contributed by atoms with Gasteiger partial charge in [-0.3, -0.25) is 9.48 Å². The van der Waals surface area contributed by atoms with Gasteiger partial charge in [0.2, 0.25) is 0 Å². The summed E-state index contributed by atoms with van der Waals surface area (Å²) in [7, 11) is 0. The average molecular weight is 167 g/mol. The zero-order valence-corrected chi connectivity index (χ0v) is 7.32. The first kappa shape index (κ1) is 8.77. The zero-order chi connectivity index (χ0) is 9.14. The third kappa shape index (κ3) is 1.64. The van der Waals surface area contributed by atoms with E-state index in [1.807, 2.05) is 6.92 Å². The lowest BCUT2D eigenvalue weighted by molar-refractivity contribution is 0.1000. The van der Waals surface area contributed by atoms with Crippen molar-refractivity contribution in [2.45, 2.75) is 26.3 Å². The standard InChI is InChI=1S/C8H13N3O/c1-3-6(2)11-5-7(4-10-11)8(9)12/h4-6H,3H2,1-2H3,(H2,9,12). The third-order valence-corrected chi connectivity index (χ3v) is 1.93. The van der Waals surface area contributed by atoms with Crippen LogP contribution < -0.4 is 5.73 Å². The van der Waals surface area contributed by atoms with E-state index < -0.39 is 5.91 Å². The van der Waals surface area contributed by atoms with E-state index in [0.29, 0.717) is 11.6 Å². The first-order valence-corrected chi connectivity index (χ1v) is 3.99. The van der Waals surface area contributed by atoms with Gasteiger partial charge in [-0.2, -0.15) is 5.10 Å². The molecular weight excluding hydrogens is 154 g/mol. The molecule has 1 rings (SSSR count). The number of rotatable bonds is 3. The Labute approximate surface area is 71.4 Å². The Morgan fingerprint density at radius 1 is 1.83 bits per heavy atom. The molecule has 0 fully saturated rings. The molecule has 0 saturated heterocycles. The maximum Gasteiger partial charge on any atom is 0.251 e. The maximum absolute atomic E-state index is 10.7. The minimum atomic E-state index is -0.426. The van der Waals surface area contributed by atoms with Crippen molar-refractivity contribution in [3.63, 3.8) is 0 Å². The first-order valence-electron chi connectivity index (χ1n) is 3.99. The van der Waals surface area contributed by atoms with Crippen molar-refractivity contribution < 1.29 is 4.79 Å². The summed E-state index contributed by atoms with van der Waals surface area (Å²) in [4.78, 5) is 10.7. The Bertz CT molecular complexity index is 280. The van der Waals surface area contributed by atoms with Crippen LogP contribution in [0.2, 0.25) is 0 Å². The molecule has 0 saturated carbocycles. The van der Waals surface area contributed by atoms with Gasteiger partial charge in [0.25, 0.3) is 5.91 Å². The summed E-state index contributed by atoms with van der Waals surface area (Å²) in [5.74, 6) is -0.426. The Balaban J connectivity index is 2.84. The summed E-state index contributed by atoms with van der Waals surface area (Å²) in [6, 6.07) is 0.318. The molecule has 1 aromatic heterocycles. The molecule has 2 N–H and O–H groups in total. The predicted molar refractivity (Wildman–Crippen MR) is 45.7 cm³/mol. The Hall–Kier alpha value is -1.32. The van der Waals surface area contributed by atoms with Crippen LogP contribution in [0.4, 0.5) is 0 Å². The van der Waals surface area contributed by atoms with Crippen LogP contribution in [0, 0.1) is 0 Å². The van der Waals surface area contributed by atoms with Gasteiger partial charge in [0, 0.05) is 12.2 Å². The van der Waals surface area contributed by atoms with Crippen molar-refractivity contribution in [3.8, 4) is 0 Å². The SMILES string of the molecule is CCC(C)n1cc(C(N)=O)cn1. The Kier molecular flexibility index (Phi) is 2.47. The van der Waals surface area contributed by atoms with E-state index in [-0.39, 0.29) is 0 Å². The van der Waals surface area contributed by atoms with E-state index in [4.69, 9.17) is 5.73 Å². The molecule has 0 aromatic carbocycles. The Morgan fingerprint density at radius 3 is 2.92 bits per heavy atom. The van der Waals surface area contributed by atoms with E-state index in [1.54, 1.807) is 10.9 Å². The minimum absolute atomic E-state index is 0.318. The molecule has 1 aromatic rings. The quantitative estimate of drug-likeness (QED) is 0.728. The highest BCUT2D eigenvalue weighted by atomic mass is 16.1. The maximum atomic E-state index is 10.7. The highest BCUT2D eigenvalue weighted by Gasteiger charge is 2.06. The van der Waals surface area contributed by atoms with Gasteiger partial charge in [-0.1, -0.05) is 6.92 Å². The first-order chi connectivity index (χ1) is 5.65. The van der Waals surface area contributed by atoms with Crippen molar-refractivity contribution in [3.05, 3.63) is 18.0 Å². The lowest BCUT2D eigenvalue weighted by atomic mass is 10.3. The second kappa shape index (κ2) is 3.38. The number of nitrogens with two attached hydrogens (primary N) is 1. The van der Waals surface area contributed by atoms with Crippen LogP contribution in [0.15, 0.2) is 12.4 Å². The van der Waals surface area contributed by atoms with Crippen LogP contribution in [0.5, 0.6) is 0 Å². The van der Waals surface area contributed by atoms with E-state index in [2.05, 4.69) is 12.0 Å². The van der Waals surface area contributed by atoms with E-state index in [9.17, 15) is 4.79 Å². The van der Waals surface area contributed by atoms with Crippen LogP contribution in [0.25, 0.3) is 0 Å². The highest BCUT2D eigenvalue weighted by Crippen LogP contribution is 2.09. The molecule has 1 heterocycles. The summed E-state index contributed by atoms with van der Waals surface area (Å²) >= 11 is 0. The fourth-order valence-electron chi connectivity index (χ4n) is 0.893. The number of amides is 1. The van der Waals surface area contributed by atoms with Crippen LogP contribution in [-0.4, -0.2) is 15.7 Å². The molecule has 1 atom stereocenters. The number of primary amides is 1. The summed E-state index contributed by atoms with van der Waals surface area (Å²) in [5.41, 5.74) is 5.54. The molecule has 1 amide bonds. The molecule has 4 nitrogen and oxygen atoms in total. The normalized spacial score (nSPS) is 12.8. The fraction of sp³-hybridized carbons (Fsp3) is 0.500. The van der Waals surface area contributed by atoms with Gasteiger partial charge in [-0.05, 0) is 13.3 Å². The molecule has 0 aliphatic carbocycles. The number of carbonyl (C=O) groups is 1. The Morgan fingerprint density at radius 2 is 2.50 bits per heavy atom. The minimum Gasteiger partial charge on any atom is -0.366 e. The lowest BCUT2D eigenvalue weighted by Crippen LogP contribution is -2.10. The number of hydrogen-bond donors (Lipinski definition) is 1. The van der Waals surface area contributed by atoms with Crippen molar-refractivity contribution in [2.24, 2.45) is 5.73 Å². The number of hydrogen-bond acceptors (Lipinski definition) is 2. The van der Waals surface area contributed by atoms with Crippen molar-refractivity contribution >= 4 is 5.91 Å². The van der Waals surface area contributed by atoms with Crippen LogP contribution >= 0.6 is 0 Å². The van der Waals surface area contributed by atoms with Gasteiger partial charge in [-0.15, -0.1) is 0 Å². The molecule has 0 spiro atoms. The molecule has 12 heavy (non-hydrogen) atoms. The lowest BCUT2D eigenvalue weighted by Gasteiger charge is -2.07. The van der Waals surface area contributed by atoms with Gasteiger partial charge >= 0.3 is 0 Å². The summed E-state index contributed by atoms with van der Waals surface area (Å²) in [6.45, 7) is 4.11. The highest BCUT2D eigenvalue weighted by molar-refractivity contribution is 5.92. The van der Waals surface area contributed by atoms with Crippen LogP contribution in [0.1, 0.15) is 36.7 Å². The monoisotopic (exact) mass is 167 g/mol. The number of nitrogens with zero attached hydrogens (tertiary/aromatic N) is 2. The van der Waals surface area contributed by atoms with Crippen molar-refractivity contribution in [2.75, 3.05) is 0 Å². The van der Waals surface area contributed by atoms with Gasteiger partial charge in [-0.25, -0.2) is 0 Å². The predicted octanol–water partition coefficient (Wildman–Crippen LogP) is 0.953. The van der Waals surface area contributed by atoms with Gasteiger partial charge in [0.1, 0.15) is 0 Å². The van der Waals surface area contributed by atoms with E-state index >= 15 is 0 Å². The van der Waals surface area contributed by atoms with E-state index in [0.717, 1.165) is 6.42 Å². The second-order valence-corrected chi connectivity index (χ2v) is 2.83. The third-order valence-electron chi connectivity index (χ3n) is 1.93. The summed E-state index contributed by atoms with van der Waals surface area (Å²) < 4.78 is 1.75. The van der Waals surface area contributed by atoms with Crippen molar-refractivity contribution in [1.29, 1.82) is 0 Å². The molecule has 0 bridgehead atoms. The molecule has 4 heteroatoms. The van der Waals surface area contributed by atoms with E-state index in [1.165, 1.54) is 6.20 Å². The number of aromatic nitrogens is 2. The molecule has 1 unspecified atom stereocenters. The van der Waals surface area contributed by atoms with Crippen LogP contribution in [0.3, 0.4) is 0 Å². The summed E-state index contributed by atoms with van der Waals surface area (Å²) in [5, 5.41) is 4.02. The molecular formula is C8H13N3O. The summed E-state index contributed by atoms with van der Waals surface area (Å²) in [6.07, 6.45) is 4.16. The smallest absolute Gasteiger partial charge is 0.251 e. The second-order valence-electron chi connectivity index (χ2n) is 2.83. The topological polar surface area (TPSA) is 60.9 Å². The van der Waals surface area contributed by atoms with Gasteiger partial charge in [0.15, 0.2) is 0 Å². The zero-order valence-electron chi connectivity index (χ0n) is 7.32. The van der Waals surface area contributed by atoms with Gasteiger partial charge < -0.3 is 5.73 Å².